The Morgan fingerprint density at radius 1 is 1.06 bits per heavy atom. The van der Waals surface area contributed by atoms with E-state index in [4.69, 9.17) is 9.47 Å². The van der Waals surface area contributed by atoms with Crippen molar-refractivity contribution < 1.29 is 19.1 Å². The van der Waals surface area contributed by atoms with E-state index >= 15 is 0 Å². The molecule has 0 spiro atoms. The van der Waals surface area contributed by atoms with Crippen LogP contribution in [0.1, 0.15) is 31.1 Å². The lowest BCUT2D eigenvalue weighted by atomic mass is 9.96. The van der Waals surface area contributed by atoms with Crippen LogP contribution in [0.2, 0.25) is 0 Å². The fourth-order valence-corrected chi connectivity index (χ4v) is 1.26. The zero-order chi connectivity index (χ0) is 13.6. The Morgan fingerprint density at radius 3 is 2.17 bits per heavy atom. The Balaban J connectivity index is 2.44. The maximum Gasteiger partial charge on any atom is 0.338 e. The van der Waals surface area contributed by atoms with E-state index in [1.807, 2.05) is 19.9 Å². The lowest BCUT2D eigenvalue weighted by Gasteiger charge is -2.23. The van der Waals surface area contributed by atoms with E-state index in [-0.39, 0.29) is 25.2 Å². The average molecular weight is 250 g/mol. The molecular formula is C14H18O4. The number of benzene rings is 1. The summed E-state index contributed by atoms with van der Waals surface area (Å²) in [6.07, 6.45) is 0. The molecule has 0 saturated heterocycles. The minimum atomic E-state index is -0.393. The van der Waals surface area contributed by atoms with Gasteiger partial charge in [-0.15, -0.1) is 0 Å². The third kappa shape index (κ3) is 4.99. The number of carbonyl (C=O) groups is 2. The normalized spacial score (nSPS) is 10.8. The lowest BCUT2D eigenvalue weighted by Crippen LogP contribution is -2.28. The smallest absolute Gasteiger partial charge is 0.338 e. The molecule has 0 saturated carbocycles. The van der Waals surface area contributed by atoms with Crippen LogP contribution in [0, 0.1) is 5.41 Å². The highest BCUT2D eigenvalue weighted by Crippen LogP contribution is 2.17. The van der Waals surface area contributed by atoms with E-state index in [0.29, 0.717) is 5.56 Å². The van der Waals surface area contributed by atoms with Crippen molar-refractivity contribution in [2.24, 2.45) is 5.41 Å². The largest absolute Gasteiger partial charge is 0.465 e. The topological polar surface area (TPSA) is 52.6 Å². The molecule has 0 fully saturated rings. The Bertz CT molecular complexity index is 409. The van der Waals surface area contributed by atoms with Crippen molar-refractivity contribution in [3.63, 3.8) is 0 Å². The molecule has 18 heavy (non-hydrogen) atoms. The van der Waals surface area contributed by atoms with E-state index in [2.05, 4.69) is 0 Å². The van der Waals surface area contributed by atoms with Gasteiger partial charge in [0.25, 0.3) is 0 Å². The lowest BCUT2D eigenvalue weighted by molar-refractivity contribution is -0.144. The molecule has 0 N–H and O–H groups in total. The molecule has 1 rings (SSSR count). The minimum Gasteiger partial charge on any atom is -0.465 e. The molecule has 4 heteroatoms. The summed E-state index contributed by atoms with van der Waals surface area (Å²) in [6.45, 7) is 5.52. The molecule has 0 aliphatic rings. The summed E-state index contributed by atoms with van der Waals surface area (Å²) in [7, 11) is 0. The second kappa shape index (κ2) is 6.19. The van der Waals surface area contributed by atoms with E-state index in [1.165, 1.54) is 6.92 Å². The van der Waals surface area contributed by atoms with Crippen LogP contribution in [0.25, 0.3) is 0 Å². The van der Waals surface area contributed by atoms with Gasteiger partial charge in [0.2, 0.25) is 0 Å². The minimum absolute atomic E-state index is 0.202. The van der Waals surface area contributed by atoms with Gasteiger partial charge in [0.15, 0.2) is 0 Å². The highest BCUT2D eigenvalue weighted by atomic mass is 16.5. The molecule has 0 amide bonds. The highest BCUT2D eigenvalue weighted by molar-refractivity contribution is 5.89. The first-order chi connectivity index (χ1) is 8.41. The summed E-state index contributed by atoms with van der Waals surface area (Å²) in [5.41, 5.74) is 0.122. The fraction of sp³-hybridized carbons (Fsp3) is 0.429. The molecule has 0 unspecified atom stereocenters. The molecule has 4 nitrogen and oxygen atoms in total. The van der Waals surface area contributed by atoms with E-state index < -0.39 is 5.41 Å². The fourth-order valence-electron chi connectivity index (χ4n) is 1.26. The molecular weight excluding hydrogens is 232 g/mol. The van der Waals surface area contributed by atoms with Crippen molar-refractivity contribution in [3.8, 4) is 0 Å². The first kappa shape index (κ1) is 14.2. The first-order valence-electron chi connectivity index (χ1n) is 5.76. The van der Waals surface area contributed by atoms with Crippen LogP contribution in [0.15, 0.2) is 30.3 Å². The zero-order valence-corrected chi connectivity index (χ0v) is 10.9. The van der Waals surface area contributed by atoms with Crippen molar-refractivity contribution in [2.45, 2.75) is 20.8 Å². The third-order valence-corrected chi connectivity index (χ3v) is 2.27. The van der Waals surface area contributed by atoms with E-state index in [1.54, 1.807) is 24.3 Å². The quantitative estimate of drug-likeness (QED) is 0.753. The van der Waals surface area contributed by atoms with Gasteiger partial charge in [-0.25, -0.2) is 4.79 Å². The van der Waals surface area contributed by atoms with Crippen molar-refractivity contribution in [2.75, 3.05) is 13.2 Å². The summed E-state index contributed by atoms with van der Waals surface area (Å²) >= 11 is 0. The van der Waals surface area contributed by atoms with Crippen LogP contribution < -0.4 is 0 Å². The highest BCUT2D eigenvalue weighted by Gasteiger charge is 2.22. The van der Waals surface area contributed by atoms with Gasteiger partial charge in [-0.1, -0.05) is 32.0 Å². The van der Waals surface area contributed by atoms with Crippen LogP contribution >= 0.6 is 0 Å². The third-order valence-electron chi connectivity index (χ3n) is 2.27. The van der Waals surface area contributed by atoms with Gasteiger partial charge in [-0.3, -0.25) is 4.79 Å². The monoisotopic (exact) mass is 250 g/mol. The van der Waals surface area contributed by atoms with E-state index in [9.17, 15) is 9.59 Å². The number of esters is 2. The predicted octanol–water partition coefficient (Wildman–Crippen LogP) is 2.43. The second-order valence-electron chi connectivity index (χ2n) is 4.89. The number of hydrogen-bond acceptors (Lipinski definition) is 4. The van der Waals surface area contributed by atoms with Gasteiger partial charge in [0, 0.05) is 12.3 Å². The van der Waals surface area contributed by atoms with Gasteiger partial charge in [-0.2, -0.15) is 0 Å². The molecule has 0 bridgehead atoms. The molecule has 0 atom stereocenters. The van der Waals surface area contributed by atoms with Gasteiger partial charge >= 0.3 is 11.9 Å². The maximum absolute atomic E-state index is 11.7. The van der Waals surface area contributed by atoms with Gasteiger partial charge in [0.05, 0.1) is 18.8 Å². The standard InChI is InChI=1S/C14H18O4/c1-11(15)17-9-14(2,3)10-18-13(16)12-7-5-4-6-8-12/h4-8H,9-10H2,1-3H3. The summed E-state index contributed by atoms with van der Waals surface area (Å²) < 4.78 is 10.1. The molecule has 1 aromatic carbocycles. The summed E-state index contributed by atoms with van der Waals surface area (Å²) in [5.74, 6) is -0.705. The molecule has 0 radical (unpaired) electrons. The average Bonchev–Trinajstić information content (AvgIpc) is 2.35. The SMILES string of the molecule is CC(=O)OCC(C)(C)COC(=O)c1ccccc1. The van der Waals surface area contributed by atoms with Gasteiger partial charge < -0.3 is 9.47 Å². The molecule has 0 aliphatic heterocycles. The number of ether oxygens (including phenoxy) is 2. The summed E-state index contributed by atoms with van der Waals surface area (Å²) in [5, 5.41) is 0. The Hall–Kier alpha value is -1.84. The van der Waals surface area contributed by atoms with Crippen molar-refractivity contribution in [1.29, 1.82) is 0 Å². The number of rotatable bonds is 5. The van der Waals surface area contributed by atoms with Crippen molar-refractivity contribution >= 4 is 11.9 Å². The molecule has 0 heterocycles. The zero-order valence-electron chi connectivity index (χ0n) is 10.9. The van der Waals surface area contributed by atoms with E-state index in [0.717, 1.165) is 0 Å². The molecule has 1 aromatic rings. The number of carbonyl (C=O) groups excluding carboxylic acids is 2. The Morgan fingerprint density at radius 2 is 1.61 bits per heavy atom. The molecule has 0 aliphatic carbocycles. The summed E-state index contributed by atoms with van der Waals surface area (Å²) in [6, 6.07) is 8.78. The first-order valence-corrected chi connectivity index (χ1v) is 5.76. The van der Waals surface area contributed by atoms with Crippen LogP contribution in [0.4, 0.5) is 0 Å². The Kier molecular flexibility index (Phi) is 4.89. The number of hydrogen-bond donors (Lipinski definition) is 0. The van der Waals surface area contributed by atoms with Crippen LogP contribution in [-0.4, -0.2) is 25.2 Å². The summed E-state index contributed by atoms with van der Waals surface area (Å²) in [4.78, 5) is 22.4. The van der Waals surface area contributed by atoms with Crippen molar-refractivity contribution in [1.82, 2.24) is 0 Å². The Labute approximate surface area is 107 Å². The maximum atomic E-state index is 11.7. The van der Waals surface area contributed by atoms with Gasteiger partial charge in [-0.05, 0) is 12.1 Å². The molecule has 0 aromatic heterocycles. The van der Waals surface area contributed by atoms with Crippen LogP contribution in [-0.2, 0) is 14.3 Å². The second-order valence-corrected chi connectivity index (χ2v) is 4.89. The van der Waals surface area contributed by atoms with Crippen molar-refractivity contribution in [3.05, 3.63) is 35.9 Å². The molecule has 98 valence electrons. The van der Waals surface area contributed by atoms with Crippen LogP contribution in [0.5, 0.6) is 0 Å². The van der Waals surface area contributed by atoms with Crippen LogP contribution in [0.3, 0.4) is 0 Å². The van der Waals surface area contributed by atoms with Gasteiger partial charge in [0.1, 0.15) is 0 Å². The predicted molar refractivity (Wildman–Crippen MR) is 67.1 cm³/mol.